The maximum atomic E-state index is 6.59. The molecule has 0 atom stereocenters. The molecule has 1 rings (SSSR count). The van der Waals surface area contributed by atoms with Crippen LogP contribution in [0.15, 0.2) is 29.8 Å². The minimum absolute atomic E-state index is 0.0908. The van der Waals surface area contributed by atoms with Gasteiger partial charge in [0.15, 0.2) is 0 Å². The summed E-state index contributed by atoms with van der Waals surface area (Å²) in [4.78, 5) is 0. The molecule has 4 nitrogen and oxygen atoms in total. The summed E-state index contributed by atoms with van der Waals surface area (Å²) in [5.41, 5.74) is 1.98. The van der Waals surface area contributed by atoms with E-state index in [0.717, 1.165) is 23.5 Å². The molecule has 0 amide bonds. The second-order valence-corrected chi connectivity index (χ2v) is 17.8. The van der Waals surface area contributed by atoms with Gasteiger partial charge in [0.05, 0.1) is 7.11 Å². The second-order valence-electron chi connectivity index (χ2n) is 11.8. The van der Waals surface area contributed by atoms with Crippen molar-refractivity contribution in [3.63, 3.8) is 0 Å². The fourth-order valence-corrected chi connectivity index (χ4v) is 5.63. The van der Waals surface area contributed by atoms with E-state index in [0.29, 0.717) is 19.5 Å². The molecule has 0 fully saturated rings. The van der Waals surface area contributed by atoms with E-state index in [1.54, 1.807) is 7.11 Å². The third-order valence-corrected chi connectivity index (χ3v) is 11.6. The molecular formula is C26H46O4Si3. The van der Waals surface area contributed by atoms with E-state index in [1.165, 1.54) is 5.57 Å². The van der Waals surface area contributed by atoms with Crippen molar-refractivity contribution in [2.45, 2.75) is 99.3 Å². The van der Waals surface area contributed by atoms with Crippen LogP contribution in [0.2, 0.25) is 31.2 Å². The predicted molar refractivity (Wildman–Crippen MR) is 145 cm³/mol. The largest absolute Gasteiger partial charge is 0.543 e. The number of ether oxygens (including phenoxy) is 1. The molecule has 0 aliphatic rings. The van der Waals surface area contributed by atoms with E-state index in [-0.39, 0.29) is 22.2 Å². The van der Waals surface area contributed by atoms with Crippen LogP contribution in [-0.4, -0.2) is 41.2 Å². The Kier molecular flexibility index (Phi) is 10.7. The first-order valence-corrected chi connectivity index (χ1v) is 17.4. The van der Waals surface area contributed by atoms with Crippen LogP contribution in [0.1, 0.15) is 67.4 Å². The maximum absolute atomic E-state index is 6.59. The standard InChI is InChI=1S/C26H46O4Si3/c1-24(2,3)21(18-26(7,8)23(28-31-10)29-32-11)22(27-9)19-15-14-16-20(17-19)30-33(12,13)25(4,5)6/h14-17,23H,18H2,1-13H3. The monoisotopic (exact) mass is 506 g/mol. The number of benzene rings is 1. The second kappa shape index (κ2) is 11.7. The van der Waals surface area contributed by atoms with E-state index in [1.807, 2.05) is 13.1 Å². The van der Waals surface area contributed by atoms with Crippen molar-refractivity contribution in [3.05, 3.63) is 35.4 Å². The maximum Gasteiger partial charge on any atom is 0.250 e. The smallest absolute Gasteiger partial charge is 0.250 e. The number of methoxy groups -OCH3 is 1. The minimum Gasteiger partial charge on any atom is -0.543 e. The Morgan fingerprint density at radius 3 is 1.91 bits per heavy atom. The van der Waals surface area contributed by atoms with Gasteiger partial charge in [-0.25, -0.2) is 0 Å². The average Bonchev–Trinajstić information content (AvgIpc) is 2.66. The van der Waals surface area contributed by atoms with E-state index in [4.69, 9.17) is 18.0 Å². The molecule has 0 saturated heterocycles. The first-order valence-electron chi connectivity index (χ1n) is 11.7. The molecule has 186 valence electrons. The molecule has 0 unspecified atom stereocenters. The molecule has 1 aromatic rings. The van der Waals surface area contributed by atoms with Crippen LogP contribution in [0.5, 0.6) is 5.75 Å². The highest BCUT2D eigenvalue weighted by Crippen LogP contribution is 2.44. The summed E-state index contributed by atoms with van der Waals surface area (Å²) in [5, 5.41) is 0.137. The summed E-state index contributed by atoms with van der Waals surface area (Å²) in [6.45, 7) is 26.6. The predicted octanol–water partition coefficient (Wildman–Crippen LogP) is 7.58. The van der Waals surface area contributed by atoms with E-state index >= 15 is 0 Å². The van der Waals surface area contributed by atoms with Crippen LogP contribution in [0, 0.1) is 10.8 Å². The van der Waals surface area contributed by atoms with Gasteiger partial charge in [0.2, 0.25) is 27.8 Å². The Bertz CT molecular complexity index is 783. The number of hydrogen-bond acceptors (Lipinski definition) is 4. The molecule has 4 radical (unpaired) electrons. The Hall–Kier alpha value is -0.869. The van der Waals surface area contributed by atoms with Crippen molar-refractivity contribution >= 4 is 33.6 Å². The van der Waals surface area contributed by atoms with Crippen molar-refractivity contribution in [2.75, 3.05) is 7.11 Å². The molecule has 0 bridgehead atoms. The van der Waals surface area contributed by atoms with Gasteiger partial charge in [0.1, 0.15) is 17.8 Å². The van der Waals surface area contributed by atoms with Crippen LogP contribution in [0.3, 0.4) is 0 Å². The Morgan fingerprint density at radius 2 is 1.48 bits per heavy atom. The first-order chi connectivity index (χ1) is 15.0. The van der Waals surface area contributed by atoms with Crippen molar-refractivity contribution < 1.29 is 18.0 Å². The van der Waals surface area contributed by atoms with Gasteiger partial charge in [0.25, 0.3) is 0 Å². The Morgan fingerprint density at radius 1 is 0.939 bits per heavy atom. The molecule has 0 saturated carbocycles. The summed E-state index contributed by atoms with van der Waals surface area (Å²) in [7, 11) is 0.586. The molecule has 7 heteroatoms. The molecule has 0 aliphatic carbocycles. The highest BCUT2D eigenvalue weighted by Gasteiger charge is 2.39. The zero-order valence-corrected chi connectivity index (χ0v) is 26.2. The van der Waals surface area contributed by atoms with Gasteiger partial charge in [-0.3, -0.25) is 0 Å². The summed E-state index contributed by atoms with van der Waals surface area (Å²) >= 11 is 0. The number of allylic oxidation sites excluding steroid dienone is 1. The van der Waals surface area contributed by atoms with Crippen molar-refractivity contribution in [1.29, 1.82) is 0 Å². The van der Waals surface area contributed by atoms with Crippen LogP contribution >= 0.6 is 0 Å². The molecule has 1 aromatic carbocycles. The van der Waals surface area contributed by atoms with Gasteiger partial charge in [-0.05, 0) is 60.8 Å². The van der Waals surface area contributed by atoms with E-state index < -0.39 is 8.32 Å². The molecule has 0 spiro atoms. The Balaban J connectivity index is 3.51. The van der Waals surface area contributed by atoms with Crippen LogP contribution in [0.4, 0.5) is 0 Å². The normalized spacial score (nSPS) is 14.4. The minimum atomic E-state index is -1.94. The molecule has 0 aromatic heterocycles. The topological polar surface area (TPSA) is 36.9 Å². The lowest BCUT2D eigenvalue weighted by Crippen LogP contribution is -2.43. The number of hydrogen-bond donors (Lipinski definition) is 0. The van der Waals surface area contributed by atoms with Crippen molar-refractivity contribution in [3.8, 4) is 5.75 Å². The SMILES string of the molecule is COC(=C(CC(C)(C)C(O[Si]C)O[Si]C)C(C)(C)C)c1cccc(O[Si](C)(C)C(C)(C)C)c1. The molecule has 0 aliphatic heterocycles. The molecular weight excluding hydrogens is 461 g/mol. The quantitative estimate of drug-likeness (QED) is 0.176. The summed E-state index contributed by atoms with van der Waals surface area (Å²) in [5.74, 6) is 1.82. The highest BCUT2D eigenvalue weighted by atomic mass is 28.4. The molecule has 0 N–H and O–H groups in total. The van der Waals surface area contributed by atoms with Gasteiger partial charge in [-0.1, -0.05) is 67.5 Å². The van der Waals surface area contributed by atoms with Crippen LogP contribution in [-0.2, 0) is 13.6 Å². The zero-order chi connectivity index (χ0) is 25.7. The Labute approximate surface area is 209 Å². The lowest BCUT2D eigenvalue weighted by molar-refractivity contribution is -0.0795. The number of rotatable bonds is 11. The van der Waals surface area contributed by atoms with Gasteiger partial charge in [-0.15, -0.1) is 0 Å². The summed E-state index contributed by atoms with van der Waals surface area (Å²) in [6.07, 6.45) is 0.542. The molecule has 0 heterocycles. The average molecular weight is 507 g/mol. The molecule has 33 heavy (non-hydrogen) atoms. The van der Waals surface area contributed by atoms with Gasteiger partial charge in [-0.2, -0.15) is 0 Å². The summed E-state index contributed by atoms with van der Waals surface area (Å²) < 4.78 is 24.7. The first kappa shape index (κ1) is 30.2. The third kappa shape index (κ3) is 8.38. The fourth-order valence-electron chi connectivity index (χ4n) is 3.35. The van der Waals surface area contributed by atoms with Crippen molar-refractivity contribution in [1.82, 2.24) is 0 Å². The third-order valence-electron chi connectivity index (χ3n) is 6.38. The van der Waals surface area contributed by atoms with Crippen LogP contribution in [0.25, 0.3) is 5.76 Å². The van der Waals surface area contributed by atoms with Gasteiger partial charge in [0, 0.05) is 11.0 Å². The van der Waals surface area contributed by atoms with E-state index in [9.17, 15) is 0 Å². The zero-order valence-electron chi connectivity index (χ0n) is 23.2. The van der Waals surface area contributed by atoms with Gasteiger partial charge < -0.3 is 18.0 Å². The lowest BCUT2D eigenvalue weighted by Gasteiger charge is -2.38. The summed E-state index contributed by atoms with van der Waals surface area (Å²) in [6, 6.07) is 8.36. The van der Waals surface area contributed by atoms with Gasteiger partial charge >= 0.3 is 0 Å². The van der Waals surface area contributed by atoms with E-state index in [2.05, 4.69) is 92.7 Å². The highest BCUT2D eigenvalue weighted by molar-refractivity contribution is 6.74. The lowest BCUT2D eigenvalue weighted by atomic mass is 9.74. The van der Waals surface area contributed by atoms with Crippen molar-refractivity contribution in [2.24, 2.45) is 10.8 Å². The van der Waals surface area contributed by atoms with Crippen LogP contribution < -0.4 is 4.43 Å². The fraction of sp³-hybridized carbons (Fsp3) is 0.692.